The first kappa shape index (κ1) is 14.7. The fraction of sp³-hybridized carbons (Fsp3) is 0.294. The van der Waals surface area contributed by atoms with Crippen molar-refractivity contribution in [3.05, 3.63) is 71.5 Å². The molecular weight excluding hydrogens is 253 g/mol. The Morgan fingerprint density at radius 2 is 1.70 bits per heavy atom. The summed E-state index contributed by atoms with van der Waals surface area (Å²) in [5, 5.41) is 13.8. The van der Waals surface area contributed by atoms with Crippen LogP contribution in [0.3, 0.4) is 0 Å². The Labute approximate surface area is 119 Å². The summed E-state index contributed by atoms with van der Waals surface area (Å²) >= 11 is 0. The summed E-state index contributed by atoms with van der Waals surface area (Å²) in [6, 6.07) is 16.0. The van der Waals surface area contributed by atoms with Crippen LogP contribution in [0.4, 0.5) is 4.39 Å². The van der Waals surface area contributed by atoms with Crippen LogP contribution in [0, 0.1) is 5.82 Å². The number of benzene rings is 2. The van der Waals surface area contributed by atoms with Gasteiger partial charge in [0.15, 0.2) is 0 Å². The summed E-state index contributed by atoms with van der Waals surface area (Å²) in [6.07, 6.45) is 0. The minimum absolute atomic E-state index is 0.0470. The lowest BCUT2D eigenvalue weighted by Gasteiger charge is -2.26. The highest BCUT2D eigenvalue weighted by Gasteiger charge is 2.23. The highest BCUT2D eigenvalue weighted by molar-refractivity contribution is 5.23. The van der Waals surface area contributed by atoms with Crippen molar-refractivity contribution < 1.29 is 9.50 Å². The lowest BCUT2D eigenvalue weighted by atomic mass is 9.95. The number of halogens is 1. The Morgan fingerprint density at radius 1 is 1.10 bits per heavy atom. The predicted octanol–water partition coefficient (Wildman–Crippen LogP) is 3.38. The van der Waals surface area contributed by atoms with Crippen molar-refractivity contribution in [2.75, 3.05) is 6.54 Å². The molecule has 0 heterocycles. The summed E-state index contributed by atoms with van der Waals surface area (Å²) < 4.78 is 12.9. The molecule has 0 saturated heterocycles. The molecule has 0 aliphatic carbocycles. The predicted molar refractivity (Wildman–Crippen MR) is 78.8 cm³/mol. The van der Waals surface area contributed by atoms with E-state index >= 15 is 0 Å². The minimum atomic E-state index is -0.935. The van der Waals surface area contributed by atoms with Gasteiger partial charge in [-0.3, -0.25) is 0 Å². The normalized spacial score (nSPS) is 15.6. The first-order valence-electron chi connectivity index (χ1n) is 6.76. The Balaban J connectivity index is 1.99. The van der Waals surface area contributed by atoms with E-state index in [-0.39, 0.29) is 11.9 Å². The van der Waals surface area contributed by atoms with Gasteiger partial charge < -0.3 is 10.4 Å². The highest BCUT2D eigenvalue weighted by Crippen LogP contribution is 2.21. The lowest BCUT2D eigenvalue weighted by Crippen LogP contribution is -2.36. The molecule has 2 aromatic rings. The fourth-order valence-corrected chi connectivity index (χ4v) is 2.12. The molecule has 3 heteroatoms. The zero-order valence-electron chi connectivity index (χ0n) is 11.8. The Bertz CT molecular complexity index is 537. The van der Waals surface area contributed by atoms with Crippen LogP contribution in [0.2, 0.25) is 0 Å². The second kappa shape index (κ2) is 6.16. The Morgan fingerprint density at radius 3 is 2.30 bits per heavy atom. The van der Waals surface area contributed by atoms with Crippen molar-refractivity contribution in [2.45, 2.75) is 25.5 Å². The highest BCUT2D eigenvalue weighted by atomic mass is 19.1. The number of hydrogen-bond donors (Lipinski definition) is 2. The number of hydrogen-bond acceptors (Lipinski definition) is 2. The standard InChI is InChI=1S/C17H20FNO/c1-13(14-8-10-16(18)11-9-14)19-12-17(2,20)15-6-4-3-5-7-15/h3-11,13,19-20H,12H2,1-2H3/t13-,17?/m0/s1. The van der Waals surface area contributed by atoms with Gasteiger partial charge in [-0.15, -0.1) is 0 Å². The van der Waals surface area contributed by atoms with E-state index < -0.39 is 5.60 Å². The molecule has 0 amide bonds. The van der Waals surface area contributed by atoms with Crippen LogP contribution in [-0.4, -0.2) is 11.7 Å². The molecule has 0 saturated carbocycles. The van der Waals surface area contributed by atoms with Crippen LogP contribution in [0.1, 0.15) is 31.0 Å². The molecule has 2 nitrogen and oxygen atoms in total. The van der Waals surface area contributed by atoms with Crippen molar-refractivity contribution in [1.82, 2.24) is 5.32 Å². The third-order valence-corrected chi connectivity index (χ3v) is 3.52. The van der Waals surface area contributed by atoms with E-state index in [4.69, 9.17) is 0 Å². The zero-order valence-corrected chi connectivity index (χ0v) is 11.8. The lowest BCUT2D eigenvalue weighted by molar-refractivity contribution is 0.0543. The van der Waals surface area contributed by atoms with Crippen molar-refractivity contribution in [2.24, 2.45) is 0 Å². The molecule has 0 fully saturated rings. The third-order valence-electron chi connectivity index (χ3n) is 3.52. The quantitative estimate of drug-likeness (QED) is 0.875. The van der Waals surface area contributed by atoms with Gasteiger partial charge >= 0.3 is 0 Å². The first-order chi connectivity index (χ1) is 9.49. The van der Waals surface area contributed by atoms with E-state index in [9.17, 15) is 9.50 Å². The monoisotopic (exact) mass is 273 g/mol. The van der Waals surface area contributed by atoms with Crippen molar-refractivity contribution in [3.63, 3.8) is 0 Å². The molecule has 0 radical (unpaired) electrons. The summed E-state index contributed by atoms with van der Waals surface area (Å²) in [5.74, 6) is -0.239. The maximum absolute atomic E-state index is 12.9. The van der Waals surface area contributed by atoms with Gasteiger partial charge in [-0.2, -0.15) is 0 Å². The first-order valence-corrected chi connectivity index (χ1v) is 6.76. The van der Waals surface area contributed by atoms with Crippen LogP contribution in [0.25, 0.3) is 0 Å². The second-order valence-electron chi connectivity index (χ2n) is 5.29. The molecule has 0 spiro atoms. The van der Waals surface area contributed by atoms with E-state index in [1.165, 1.54) is 12.1 Å². The van der Waals surface area contributed by atoms with E-state index in [1.807, 2.05) is 37.3 Å². The van der Waals surface area contributed by atoms with E-state index in [2.05, 4.69) is 5.32 Å². The molecule has 2 aromatic carbocycles. The van der Waals surface area contributed by atoms with Gasteiger partial charge in [0.1, 0.15) is 5.82 Å². The van der Waals surface area contributed by atoms with Crippen LogP contribution in [0.15, 0.2) is 54.6 Å². The van der Waals surface area contributed by atoms with Gasteiger partial charge in [0.2, 0.25) is 0 Å². The molecular formula is C17H20FNO. The molecule has 2 rings (SSSR count). The molecule has 0 aliphatic rings. The van der Waals surface area contributed by atoms with Crippen molar-refractivity contribution in [1.29, 1.82) is 0 Å². The zero-order chi connectivity index (χ0) is 14.6. The van der Waals surface area contributed by atoms with Gasteiger partial charge in [0.05, 0.1) is 5.60 Å². The SMILES string of the molecule is C[C@H](NCC(C)(O)c1ccccc1)c1ccc(F)cc1. The molecule has 20 heavy (non-hydrogen) atoms. The summed E-state index contributed by atoms with van der Waals surface area (Å²) in [5.41, 5.74) is 0.935. The van der Waals surface area contributed by atoms with Gasteiger partial charge in [0.25, 0.3) is 0 Å². The number of nitrogens with one attached hydrogen (secondary N) is 1. The second-order valence-corrected chi connectivity index (χ2v) is 5.29. The Hall–Kier alpha value is -1.71. The van der Waals surface area contributed by atoms with E-state index in [0.29, 0.717) is 6.54 Å². The molecule has 0 aromatic heterocycles. The third kappa shape index (κ3) is 3.65. The van der Waals surface area contributed by atoms with Crippen LogP contribution in [0.5, 0.6) is 0 Å². The van der Waals surface area contributed by atoms with Crippen molar-refractivity contribution in [3.8, 4) is 0 Å². The topological polar surface area (TPSA) is 32.3 Å². The molecule has 2 N–H and O–H groups in total. The van der Waals surface area contributed by atoms with Gasteiger partial charge in [-0.05, 0) is 37.1 Å². The number of aliphatic hydroxyl groups is 1. The molecule has 1 unspecified atom stereocenters. The maximum Gasteiger partial charge on any atom is 0.123 e. The smallest absolute Gasteiger partial charge is 0.123 e. The van der Waals surface area contributed by atoms with Gasteiger partial charge in [0, 0.05) is 12.6 Å². The van der Waals surface area contributed by atoms with E-state index in [0.717, 1.165) is 11.1 Å². The van der Waals surface area contributed by atoms with Gasteiger partial charge in [-0.25, -0.2) is 4.39 Å². The van der Waals surface area contributed by atoms with E-state index in [1.54, 1.807) is 19.1 Å². The summed E-state index contributed by atoms with van der Waals surface area (Å²) in [4.78, 5) is 0. The largest absolute Gasteiger partial charge is 0.384 e. The van der Waals surface area contributed by atoms with Crippen molar-refractivity contribution >= 4 is 0 Å². The summed E-state index contributed by atoms with van der Waals surface area (Å²) in [6.45, 7) is 4.20. The maximum atomic E-state index is 12.9. The number of rotatable bonds is 5. The van der Waals surface area contributed by atoms with Crippen LogP contribution in [-0.2, 0) is 5.60 Å². The molecule has 2 atom stereocenters. The van der Waals surface area contributed by atoms with Crippen LogP contribution >= 0.6 is 0 Å². The molecule has 0 aliphatic heterocycles. The molecule has 0 bridgehead atoms. The average molecular weight is 273 g/mol. The minimum Gasteiger partial charge on any atom is -0.384 e. The Kier molecular flexibility index (Phi) is 4.53. The molecule has 106 valence electrons. The van der Waals surface area contributed by atoms with Crippen LogP contribution < -0.4 is 5.32 Å². The van der Waals surface area contributed by atoms with Gasteiger partial charge in [-0.1, -0.05) is 42.5 Å². The summed E-state index contributed by atoms with van der Waals surface area (Å²) in [7, 11) is 0. The average Bonchev–Trinajstić information content (AvgIpc) is 2.46. The fourth-order valence-electron chi connectivity index (χ4n) is 2.12.